The molecule has 0 aliphatic carbocycles. The van der Waals surface area contributed by atoms with Gasteiger partial charge in [0, 0.05) is 0 Å². The van der Waals surface area contributed by atoms with Gasteiger partial charge in [-0.25, -0.2) is 0 Å². The Labute approximate surface area is 167 Å². The molecular formula is C19H28O10. The maximum atomic E-state index is 10.2. The Hall–Kier alpha value is -1.18. The van der Waals surface area contributed by atoms with Crippen molar-refractivity contribution in [2.75, 3.05) is 19.8 Å². The van der Waals surface area contributed by atoms with E-state index >= 15 is 0 Å². The van der Waals surface area contributed by atoms with Crippen LogP contribution in [0.15, 0.2) is 30.3 Å². The minimum atomic E-state index is -1.52. The van der Waals surface area contributed by atoms with Gasteiger partial charge in [0.05, 0.1) is 19.8 Å². The van der Waals surface area contributed by atoms with Crippen LogP contribution in [-0.2, 0) is 25.4 Å². The monoisotopic (exact) mass is 416 g/mol. The molecule has 9 atom stereocenters. The van der Waals surface area contributed by atoms with Crippen LogP contribution in [0.4, 0.5) is 0 Å². The molecule has 10 nitrogen and oxygen atoms in total. The summed E-state index contributed by atoms with van der Waals surface area (Å²) in [6.07, 6.45) is -11.5. The summed E-state index contributed by atoms with van der Waals surface area (Å²) in [7, 11) is 0. The van der Waals surface area contributed by atoms with E-state index in [-0.39, 0.29) is 19.8 Å². The molecule has 6 N–H and O–H groups in total. The van der Waals surface area contributed by atoms with Crippen LogP contribution in [-0.4, -0.2) is 106 Å². The third-order valence-corrected chi connectivity index (χ3v) is 5.06. The molecule has 3 rings (SSSR count). The molecule has 1 aromatic rings. The number of hydrogen-bond acceptors (Lipinski definition) is 10. The summed E-state index contributed by atoms with van der Waals surface area (Å²) in [6, 6.07) is 9.54. The van der Waals surface area contributed by atoms with Crippen LogP contribution in [0.25, 0.3) is 0 Å². The van der Waals surface area contributed by atoms with Crippen LogP contribution in [0.1, 0.15) is 5.56 Å². The van der Waals surface area contributed by atoms with Crippen LogP contribution < -0.4 is 0 Å². The van der Waals surface area contributed by atoms with Crippen molar-refractivity contribution in [3.63, 3.8) is 0 Å². The molecule has 2 heterocycles. The van der Waals surface area contributed by atoms with Crippen molar-refractivity contribution in [1.29, 1.82) is 0 Å². The normalized spacial score (nSPS) is 40.7. The summed E-state index contributed by atoms with van der Waals surface area (Å²) in [6.45, 7) is -0.325. The summed E-state index contributed by atoms with van der Waals surface area (Å²) >= 11 is 0. The van der Waals surface area contributed by atoms with E-state index in [0.717, 1.165) is 5.56 Å². The van der Waals surface area contributed by atoms with Gasteiger partial charge >= 0.3 is 0 Å². The van der Waals surface area contributed by atoms with E-state index in [1.807, 2.05) is 30.3 Å². The smallest absolute Gasteiger partial charge is 0.186 e. The summed E-state index contributed by atoms with van der Waals surface area (Å²) in [5.41, 5.74) is 1.03. The van der Waals surface area contributed by atoms with Crippen molar-refractivity contribution >= 4 is 0 Å². The molecule has 0 bridgehead atoms. The highest BCUT2D eigenvalue weighted by atomic mass is 16.7. The Kier molecular flexibility index (Phi) is 7.93. The SMILES string of the molecule is O[C@H]1[C@H](O)[C@H](OCCc2ccccc2)O[C@@H](CO[C@@H]2OC[C@@H](O)[C@@H](O)[C@H]2O)[C@H]1O. The van der Waals surface area contributed by atoms with Gasteiger partial charge < -0.3 is 49.6 Å². The van der Waals surface area contributed by atoms with E-state index in [2.05, 4.69) is 0 Å². The Morgan fingerprint density at radius 1 is 0.793 bits per heavy atom. The Morgan fingerprint density at radius 3 is 2.21 bits per heavy atom. The fraction of sp³-hybridized carbons (Fsp3) is 0.684. The maximum absolute atomic E-state index is 10.2. The van der Waals surface area contributed by atoms with Crippen LogP contribution in [0.3, 0.4) is 0 Å². The van der Waals surface area contributed by atoms with E-state index in [9.17, 15) is 30.6 Å². The Bertz CT molecular complexity index is 616. The molecule has 0 amide bonds. The zero-order valence-electron chi connectivity index (χ0n) is 15.7. The lowest BCUT2D eigenvalue weighted by molar-refractivity contribution is -0.320. The number of hydrogen-bond donors (Lipinski definition) is 6. The third-order valence-electron chi connectivity index (χ3n) is 5.06. The number of aliphatic hydroxyl groups is 6. The van der Waals surface area contributed by atoms with Crippen molar-refractivity contribution in [2.24, 2.45) is 0 Å². The van der Waals surface area contributed by atoms with Gasteiger partial charge in [0.1, 0.15) is 42.7 Å². The Morgan fingerprint density at radius 2 is 1.48 bits per heavy atom. The van der Waals surface area contributed by atoms with E-state index in [4.69, 9.17) is 18.9 Å². The molecule has 2 aliphatic rings. The average molecular weight is 416 g/mol. The van der Waals surface area contributed by atoms with Crippen LogP contribution in [0.2, 0.25) is 0 Å². The minimum Gasteiger partial charge on any atom is -0.388 e. The second-order valence-electron chi connectivity index (χ2n) is 7.20. The molecule has 2 aliphatic heterocycles. The predicted octanol–water partition coefficient (Wildman–Crippen LogP) is -2.49. The van der Waals surface area contributed by atoms with Crippen molar-refractivity contribution in [2.45, 2.75) is 61.7 Å². The van der Waals surface area contributed by atoms with Crippen LogP contribution in [0.5, 0.6) is 0 Å². The highest BCUT2D eigenvalue weighted by molar-refractivity contribution is 5.14. The molecule has 0 saturated carbocycles. The summed E-state index contributed by atoms with van der Waals surface area (Å²) < 4.78 is 21.6. The molecular weight excluding hydrogens is 388 g/mol. The summed E-state index contributed by atoms with van der Waals surface area (Å²) in [5, 5.41) is 59.4. The molecule has 0 radical (unpaired) electrons. The molecule has 2 fully saturated rings. The van der Waals surface area contributed by atoms with Gasteiger partial charge in [-0.1, -0.05) is 30.3 Å². The molecule has 0 unspecified atom stereocenters. The van der Waals surface area contributed by atoms with Crippen molar-refractivity contribution in [3.8, 4) is 0 Å². The fourth-order valence-corrected chi connectivity index (χ4v) is 3.25. The zero-order valence-corrected chi connectivity index (χ0v) is 15.7. The molecule has 0 aromatic heterocycles. The van der Waals surface area contributed by atoms with Gasteiger partial charge in [-0.3, -0.25) is 0 Å². The second-order valence-corrected chi connectivity index (χ2v) is 7.20. The van der Waals surface area contributed by atoms with E-state index in [0.29, 0.717) is 6.42 Å². The molecule has 164 valence electrons. The predicted molar refractivity (Wildman–Crippen MR) is 96.5 cm³/mol. The van der Waals surface area contributed by atoms with Crippen molar-refractivity contribution in [1.82, 2.24) is 0 Å². The largest absolute Gasteiger partial charge is 0.388 e. The van der Waals surface area contributed by atoms with Gasteiger partial charge in [-0.2, -0.15) is 0 Å². The first-order chi connectivity index (χ1) is 13.9. The fourth-order valence-electron chi connectivity index (χ4n) is 3.25. The number of rotatable bonds is 7. The minimum absolute atomic E-state index is 0.219. The summed E-state index contributed by atoms with van der Waals surface area (Å²) in [5.74, 6) is 0. The summed E-state index contributed by atoms with van der Waals surface area (Å²) in [4.78, 5) is 0. The third kappa shape index (κ3) is 5.50. The van der Waals surface area contributed by atoms with Gasteiger partial charge in [-0.05, 0) is 12.0 Å². The first-order valence-electron chi connectivity index (χ1n) is 9.51. The highest BCUT2D eigenvalue weighted by Gasteiger charge is 2.45. The Balaban J connectivity index is 1.51. The molecule has 0 spiro atoms. The van der Waals surface area contributed by atoms with E-state index in [1.165, 1.54) is 0 Å². The quantitative estimate of drug-likeness (QED) is 0.281. The first kappa shape index (κ1) is 22.5. The topological polar surface area (TPSA) is 158 Å². The van der Waals surface area contributed by atoms with Gasteiger partial charge in [0.15, 0.2) is 12.6 Å². The lowest BCUT2D eigenvalue weighted by atomic mass is 9.99. The van der Waals surface area contributed by atoms with Gasteiger partial charge in [0.2, 0.25) is 0 Å². The highest BCUT2D eigenvalue weighted by Crippen LogP contribution is 2.24. The van der Waals surface area contributed by atoms with Crippen molar-refractivity contribution < 1.29 is 49.6 Å². The van der Waals surface area contributed by atoms with E-state index < -0.39 is 55.3 Å². The van der Waals surface area contributed by atoms with Crippen LogP contribution in [0, 0.1) is 0 Å². The lowest BCUT2D eigenvalue weighted by Crippen LogP contribution is -2.60. The number of aliphatic hydroxyl groups excluding tert-OH is 6. The van der Waals surface area contributed by atoms with Gasteiger partial charge in [-0.15, -0.1) is 0 Å². The average Bonchev–Trinajstić information content (AvgIpc) is 2.73. The standard InChI is InChI=1S/C19H28O10/c20-11-8-27-18(16(24)13(11)21)28-9-12-14(22)15(23)17(25)19(29-12)26-7-6-10-4-2-1-3-5-10/h1-5,11-25H,6-9H2/t11-,12+,13-,14-,15-,16-,17+,18+,19-/m1/s1. The maximum Gasteiger partial charge on any atom is 0.186 e. The number of ether oxygens (including phenoxy) is 4. The molecule has 1 aromatic carbocycles. The molecule has 29 heavy (non-hydrogen) atoms. The van der Waals surface area contributed by atoms with Gasteiger partial charge in [0.25, 0.3) is 0 Å². The van der Waals surface area contributed by atoms with Crippen molar-refractivity contribution in [3.05, 3.63) is 35.9 Å². The molecule has 10 heteroatoms. The first-order valence-corrected chi connectivity index (χ1v) is 9.51. The number of benzene rings is 1. The second kappa shape index (κ2) is 10.2. The lowest BCUT2D eigenvalue weighted by Gasteiger charge is -2.41. The zero-order chi connectivity index (χ0) is 21.0. The van der Waals surface area contributed by atoms with E-state index in [1.54, 1.807) is 0 Å². The molecule has 2 saturated heterocycles. The van der Waals surface area contributed by atoms with Crippen LogP contribution >= 0.6 is 0 Å².